The maximum atomic E-state index is 12.3. The molecule has 0 spiro atoms. The van der Waals surface area contributed by atoms with Crippen molar-refractivity contribution in [1.29, 1.82) is 0 Å². The Labute approximate surface area is 160 Å². The molecular formula is C17H22N4O5S. The number of ether oxygens (including phenoxy) is 1. The molecule has 27 heavy (non-hydrogen) atoms. The van der Waals surface area contributed by atoms with Crippen molar-refractivity contribution in [2.45, 2.75) is 20.4 Å². The van der Waals surface area contributed by atoms with Crippen molar-refractivity contribution in [1.82, 2.24) is 14.7 Å². The second-order valence-electron chi connectivity index (χ2n) is 5.84. The smallest absolute Gasteiger partial charge is 0.348 e. The summed E-state index contributed by atoms with van der Waals surface area (Å²) in [6.45, 7) is 4.67. The van der Waals surface area contributed by atoms with Crippen LogP contribution in [0.2, 0.25) is 0 Å². The van der Waals surface area contributed by atoms with E-state index in [9.17, 15) is 19.5 Å². The van der Waals surface area contributed by atoms with E-state index >= 15 is 0 Å². The molecule has 10 heteroatoms. The molecule has 0 unspecified atom stereocenters. The standard InChI is InChI=1S/C17H22N4O5S/c1-4-26-17(25)14-11(2)13(16(23)24)15(27-14)19-12(22)10-20(3)8-9-21-7-5-6-18-21/h5-7H,4,8-10H2,1-3H3,(H,19,22)(H,23,24). The predicted octanol–water partition coefficient (Wildman–Crippen LogP) is 1.70. The van der Waals surface area contributed by atoms with E-state index in [1.807, 2.05) is 12.3 Å². The molecule has 1 amide bonds. The zero-order valence-electron chi connectivity index (χ0n) is 15.4. The quantitative estimate of drug-likeness (QED) is 0.622. The van der Waals surface area contributed by atoms with Crippen LogP contribution in [0.4, 0.5) is 5.00 Å². The minimum atomic E-state index is -1.21. The first-order chi connectivity index (χ1) is 12.8. The molecule has 2 N–H and O–H groups in total. The molecule has 0 bridgehead atoms. The van der Waals surface area contributed by atoms with Gasteiger partial charge in [0.1, 0.15) is 9.88 Å². The van der Waals surface area contributed by atoms with Crippen LogP contribution in [0.25, 0.3) is 0 Å². The molecule has 2 aromatic rings. The van der Waals surface area contributed by atoms with E-state index in [0.29, 0.717) is 13.1 Å². The van der Waals surface area contributed by atoms with E-state index in [0.717, 1.165) is 11.3 Å². The first kappa shape index (κ1) is 20.6. The largest absolute Gasteiger partial charge is 0.478 e. The highest BCUT2D eigenvalue weighted by Gasteiger charge is 2.26. The number of rotatable bonds is 9. The summed E-state index contributed by atoms with van der Waals surface area (Å²) in [5, 5.41) is 16.3. The van der Waals surface area contributed by atoms with Crippen LogP contribution in [0.5, 0.6) is 0 Å². The summed E-state index contributed by atoms with van der Waals surface area (Å²) in [6.07, 6.45) is 3.51. The molecule has 0 saturated heterocycles. The van der Waals surface area contributed by atoms with E-state index in [-0.39, 0.29) is 40.1 Å². The summed E-state index contributed by atoms with van der Waals surface area (Å²) in [5.74, 6) is -2.17. The molecule has 0 aliphatic rings. The zero-order chi connectivity index (χ0) is 20.0. The molecule has 0 aliphatic carbocycles. The summed E-state index contributed by atoms with van der Waals surface area (Å²) in [5.41, 5.74) is 0.198. The Hall–Kier alpha value is -2.72. The number of hydrogen-bond donors (Lipinski definition) is 2. The maximum absolute atomic E-state index is 12.3. The zero-order valence-corrected chi connectivity index (χ0v) is 16.2. The fraction of sp³-hybridized carbons (Fsp3) is 0.412. The first-order valence-corrected chi connectivity index (χ1v) is 9.14. The van der Waals surface area contributed by atoms with E-state index in [2.05, 4.69) is 10.4 Å². The van der Waals surface area contributed by atoms with E-state index in [1.54, 1.807) is 29.7 Å². The number of hydrogen-bond acceptors (Lipinski definition) is 7. The molecule has 0 aromatic carbocycles. The van der Waals surface area contributed by atoms with Crippen molar-refractivity contribution in [3.63, 3.8) is 0 Å². The van der Waals surface area contributed by atoms with Gasteiger partial charge in [0, 0.05) is 18.9 Å². The number of anilines is 1. The van der Waals surface area contributed by atoms with Crippen LogP contribution in [0.3, 0.4) is 0 Å². The molecule has 2 aromatic heterocycles. The minimum Gasteiger partial charge on any atom is -0.478 e. The molecule has 0 atom stereocenters. The lowest BCUT2D eigenvalue weighted by Gasteiger charge is -2.16. The van der Waals surface area contributed by atoms with Gasteiger partial charge in [0.25, 0.3) is 0 Å². The lowest BCUT2D eigenvalue weighted by atomic mass is 10.1. The van der Waals surface area contributed by atoms with Gasteiger partial charge in [0.15, 0.2) is 0 Å². The van der Waals surface area contributed by atoms with Gasteiger partial charge in [-0.1, -0.05) is 0 Å². The molecule has 0 saturated carbocycles. The lowest BCUT2D eigenvalue weighted by Crippen LogP contribution is -2.32. The number of likely N-dealkylation sites (N-methyl/N-ethyl adjacent to an activating group) is 1. The number of nitrogens with zero attached hydrogens (tertiary/aromatic N) is 3. The van der Waals surface area contributed by atoms with Crippen LogP contribution >= 0.6 is 11.3 Å². The van der Waals surface area contributed by atoms with Gasteiger partial charge >= 0.3 is 11.9 Å². The van der Waals surface area contributed by atoms with Gasteiger partial charge in [0.05, 0.1) is 25.3 Å². The summed E-state index contributed by atoms with van der Waals surface area (Å²) < 4.78 is 6.70. The number of esters is 1. The van der Waals surface area contributed by atoms with E-state index < -0.39 is 11.9 Å². The number of aromatic carboxylic acids is 1. The Morgan fingerprint density at radius 3 is 2.74 bits per heavy atom. The van der Waals surface area contributed by atoms with E-state index in [4.69, 9.17) is 4.74 Å². The molecular weight excluding hydrogens is 372 g/mol. The van der Waals surface area contributed by atoms with Crippen molar-refractivity contribution in [3.8, 4) is 0 Å². The van der Waals surface area contributed by atoms with Gasteiger partial charge < -0.3 is 15.2 Å². The average molecular weight is 394 g/mol. The fourth-order valence-corrected chi connectivity index (χ4v) is 3.56. The van der Waals surface area contributed by atoms with Crippen LogP contribution in [0.15, 0.2) is 18.5 Å². The van der Waals surface area contributed by atoms with Gasteiger partial charge in [-0.25, -0.2) is 9.59 Å². The monoisotopic (exact) mass is 394 g/mol. The minimum absolute atomic E-state index is 0.0754. The van der Waals surface area contributed by atoms with Crippen LogP contribution in [0, 0.1) is 6.92 Å². The number of carbonyl (C=O) groups is 3. The van der Waals surface area contributed by atoms with E-state index in [1.165, 1.54) is 6.92 Å². The number of carboxylic acid groups (broad SMARTS) is 1. The Morgan fingerprint density at radius 2 is 2.15 bits per heavy atom. The van der Waals surface area contributed by atoms with Gasteiger partial charge in [-0.05, 0) is 32.5 Å². The van der Waals surface area contributed by atoms with Crippen molar-refractivity contribution in [3.05, 3.63) is 34.5 Å². The molecule has 0 aliphatic heterocycles. The third kappa shape index (κ3) is 5.38. The molecule has 0 fully saturated rings. The highest BCUT2D eigenvalue weighted by atomic mass is 32.1. The number of carbonyl (C=O) groups excluding carboxylic acids is 2. The predicted molar refractivity (Wildman–Crippen MR) is 100 cm³/mol. The Bertz CT molecular complexity index is 816. The summed E-state index contributed by atoms with van der Waals surface area (Å²) >= 11 is 0.909. The highest BCUT2D eigenvalue weighted by molar-refractivity contribution is 7.18. The van der Waals surface area contributed by atoms with Gasteiger partial charge in [0.2, 0.25) is 5.91 Å². The molecule has 2 rings (SSSR count). The highest BCUT2D eigenvalue weighted by Crippen LogP contribution is 2.33. The van der Waals surface area contributed by atoms with Gasteiger partial charge in [-0.2, -0.15) is 5.10 Å². The number of amides is 1. The normalized spacial score (nSPS) is 10.8. The van der Waals surface area contributed by atoms with Gasteiger partial charge in [-0.3, -0.25) is 14.4 Å². The number of aromatic nitrogens is 2. The number of carboxylic acids is 1. The lowest BCUT2D eigenvalue weighted by molar-refractivity contribution is -0.117. The Morgan fingerprint density at radius 1 is 1.41 bits per heavy atom. The fourth-order valence-electron chi connectivity index (χ4n) is 2.45. The van der Waals surface area contributed by atoms with Crippen LogP contribution in [0.1, 0.15) is 32.5 Å². The van der Waals surface area contributed by atoms with Crippen LogP contribution < -0.4 is 5.32 Å². The summed E-state index contributed by atoms with van der Waals surface area (Å²) in [4.78, 5) is 37.8. The third-order valence-corrected chi connectivity index (χ3v) is 4.95. The van der Waals surface area contributed by atoms with Crippen molar-refractivity contribution >= 4 is 34.2 Å². The second-order valence-corrected chi connectivity index (χ2v) is 6.86. The number of nitrogens with one attached hydrogen (secondary N) is 1. The van der Waals surface area contributed by atoms with Crippen LogP contribution in [-0.4, -0.2) is 64.4 Å². The molecule has 2 heterocycles. The SMILES string of the molecule is CCOC(=O)c1sc(NC(=O)CN(C)CCn2cccn2)c(C(=O)O)c1C. The maximum Gasteiger partial charge on any atom is 0.348 e. The third-order valence-electron chi connectivity index (χ3n) is 3.76. The Kier molecular flexibility index (Phi) is 7.08. The topological polar surface area (TPSA) is 114 Å². The van der Waals surface area contributed by atoms with Gasteiger partial charge in [-0.15, -0.1) is 11.3 Å². The molecule has 0 radical (unpaired) electrons. The molecule has 9 nitrogen and oxygen atoms in total. The number of thiophene rings is 1. The average Bonchev–Trinajstić information content (AvgIpc) is 3.21. The Balaban J connectivity index is 2.04. The summed E-state index contributed by atoms with van der Waals surface area (Å²) in [7, 11) is 1.78. The first-order valence-electron chi connectivity index (χ1n) is 8.33. The molecule has 146 valence electrons. The van der Waals surface area contributed by atoms with Crippen molar-refractivity contribution in [2.75, 3.05) is 32.1 Å². The van der Waals surface area contributed by atoms with Crippen molar-refractivity contribution in [2.24, 2.45) is 0 Å². The van der Waals surface area contributed by atoms with Crippen LogP contribution in [-0.2, 0) is 16.1 Å². The second kappa shape index (κ2) is 9.28. The summed E-state index contributed by atoms with van der Waals surface area (Å²) in [6, 6.07) is 1.82. The van der Waals surface area contributed by atoms with Crippen molar-refractivity contribution < 1.29 is 24.2 Å².